The third-order valence-electron chi connectivity index (χ3n) is 4.27. The topological polar surface area (TPSA) is 83.6 Å². The van der Waals surface area contributed by atoms with E-state index in [0.29, 0.717) is 16.9 Å². The molecule has 0 spiro atoms. The predicted molar refractivity (Wildman–Crippen MR) is 88.5 cm³/mol. The van der Waals surface area contributed by atoms with Crippen LogP contribution in [0, 0.1) is 0 Å². The van der Waals surface area contributed by atoms with E-state index in [0.717, 1.165) is 17.5 Å². The van der Waals surface area contributed by atoms with Gasteiger partial charge >= 0.3 is 0 Å². The molecule has 0 radical (unpaired) electrons. The van der Waals surface area contributed by atoms with Crippen molar-refractivity contribution in [2.75, 3.05) is 13.6 Å². The smallest absolute Gasteiger partial charge is 0.263 e. The predicted octanol–water partition coefficient (Wildman–Crippen LogP) is 1.75. The SMILES string of the molecule is CN(C[C@]1(O)CCc2ccccc21)C(=O)c1cc(C(N)=O)cs1. The van der Waals surface area contributed by atoms with Crippen molar-refractivity contribution < 1.29 is 14.7 Å². The van der Waals surface area contributed by atoms with Gasteiger partial charge in [-0.3, -0.25) is 9.59 Å². The fourth-order valence-electron chi connectivity index (χ4n) is 3.06. The second-order valence-corrected chi connectivity index (χ2v) is 6.83. The highest BCUT2D eigenvalue weighted by Crippen LogP contribution is 2.37. The van der Waals surface area contributed by atoms with Gasteiger partial charge in [0.05, 0.1) is 17.0 Å². The first-order valence-electron chi connectivity index (χ1n) is 7.35. The van der Waals surface area contributed by atoms with E-state index >= 15 is 0 Å². The lowest BCUT2D eigenvalue weighted by Crippen LogP contribution is -2.40. The quantitative estimate of drug-likeness (QED) is 0.896. The summed E-state index contributed by atoms with van der Waals surface area (Å²) in [5, 5.41) is 12.5. The number of amides is 2. The van der Waals surface area contributed by atoms with Crippen molar-refractivity contribution in [3.8, 4) is 0 Å². The standard InChI is InChI=1S/C17H18N2O3S/c1-19(16(21)14-8-12(9-23-14)15(18)20)10-17(22)7-6-11-4-2-3-5-13(11)17/h2-5,8-9,22H,6-7,10H2,1H3,(H2,18,20)/t17-/m1/s1. The van der Waals surface area contributed by atoms with Gasteiger partial charge in [0, 0.05) is 12.4 Å². The summed E-state index contributed by atoms with van der Waals surface area (Å²) < 4.78 is 0. The highest BCUT2D eigenvalue weighted by molar-refractivity contribution is 7.12. The summed E-state index contributed by atoms with van der Waals surface area (Å²) in [7, 11) is 1.66. The number of benzene rings is 1. The van der Waals surface area contributed by atoms with Gasteiger partial charge in [-0.05, 0) is 30.0 Å². The van der Waals surface area contributed by atoms with Crippen molar-refractivity contribution in [3.05, 3.63) is 57.3 Å². The van der Waals surface area contributed by atoms with Gasteiger partial charge in [0.25, 0.3) is 5.91 Å². The number of hydrogen-bond acceptors (Lipinski definition) is 4. The minimum absolute atomic E-state index is 0.215. The van der Waals surface area contributed by atoms with Gasteiger partial charge in [-0.15, -0.1) is 11.3 Å². The second-order valence-electron chi connectivity index (χ2n) is 5.91. The largest absolute Gasteiger partial charge is 0.383 e. The highest BCUT2D eigenvalue weighted by Gasteiger charge is 2.38. The van der Waals surface area contributed by atoms with Crippen molar-refractivity contribution in [3.63, 3.8) is 0 Å². The zero-order valence-corrected chi connectivity index (χ0v) is 13.6. The number of carbonyl (C=O) groups excluding carboxylic acids is 2. The molecule has 2 amide bonds. The Morgan fingerprint density at radius 2 is 2.13 bits per heavy atom. The zero-order chi connectivity index (χ0) is 16.6. The van der Waals surface area contributed by atoms with E-state index < -0.39 is 11.5 Å². The van der Waals surface area contributed by atoms with Gasteiger partial charge in [-0.1, -0.05) is 24.3 Å². The maximum atomic E-state index is 12.5. The molecule has 1 heterocycles. The lowest BCUT2D eigenvalue weighted by Gasteiger charge is -2.29. The Kier molecular flexibility index (Phi) is 3.95. The number of primary amides is 1. The monoisotopic (exact) mass is 330 g/mol. The fourth-order valence-corrected chi connectivity index (χ4v) is 3.95. The maximum absolute atomic E-state index is 12.5. The van der Waals surface area contributed by atoms with E-state index in [1.165, 1.54) is 22.3 Å². The summed E-state index contributed by atoms with van der Waals surface area (Å²) in [6.45, 7) is 0.215. The molecule has 1 aromatic heterocycles. The highest BCUT2D eigenvalue weighted by atomic mass is 32.1. The molecule has 0 bridgehead atoms. The Morgan fingerprint density at radius 3 is 2.83 bits per heavy atom. The Balaban J connectivity index is 1.77. The molecule has 120 valence electrons. The maximum Gasteiger partial charge on any atom is 0.263 e. The Hall–Kier alpha value is -2.18. The van der Waals surface area contributed by atoms with E-state index in [-0.39, 0.29) is 12.5 Å². The normalized spacial score (nSPS) is 19.4. The first kappa shape index (κ1) is 15.7. The molecule has 1 aliphatic carbocycles. The minimum Gasteiger partial charge on any atom is -0.383 e. The van der Waals surface area contributed by atoms with Crippen LogP contribution in [0.3, 0.4) is 0 Å². The van der Waals surface area contributed by atoms with Gasteiger partial charge < -0.3 is 15.7 Å². The Morgan fingerprint density at radius 1 is 1.39 bits per heavy atom. The van der Waals surface area contributed by atoms with E-state index in [9.17, 15) is 14.7 Å². The number of fused-ring (bicyclic) bond motifs is 1. The first-order valence-corrected chi connectivity index (χ1v) is 8.23. The fraction of sp³-hybridized carbons (Fsp3) is 0.294. The Bertz CT molecular complexity index is 771. The molecule has 2 aromatic rings. The number of carbonyl (C=O) groups is 2. The van der Waals surface area contributed by atoms with Crippen molar-refractivity contribution in [2.24, 2.45) is 5.73 Å². The van der Waals surface area contributed by atoms with Crippen molar-refractivity contribution >= 4 is 23.2 Å². The van der Waals surface area contributed by atoms with Gasteiger partial charge in [-0.25, -0.2) is 0 Å². The number of likely N-dealkylation sites (N-methyl/N-ethyl adjacent to an activating group) is 1. The number of nitrogens with two attached hydrogens (primary N) is 1. The molecule has 1 atom stereocenters. The van der Waals surface area contributed by atoms with Crippen LogP contribution in [0.2, 0.25) is 0 Å². The molecule has 0 saturated carbocycles. The molecule has 0 fully saturated rings. The summed E-state index contributed by atoms with van der Waals surface area (Å²) in [5.74, 6) is -0.772. The average molecular weight is 330 g/mol. The molecule has 5 nitrogen and oxygen atoms in total. The second kappa shape index (κ2) is 5.79. The van der Waals surface area contributed by atoms with E-state index in [4.69, 9.17) is 5.73 Å². The molecular formula is C17H18N2O3S. The molecule has 1 aromatic carbocycles. The number of aryl methyl sites for hydroxylation is 1. The summed E-state index contributed by atoms with van der Waals surface area (Å²) in [5.41, 5.74) is 6.54. The molecule has 6 heteroatoms. The van der Waals surface area contributed by atoms with E-state index in [1.807, 2.05) is 24.3 Å². The van der Waals surface area contributed by atoms with Crippen molar-refractivity contribution in [1.82, 2.24) is 4.90 Å². The van der Waals surface area contributed by atoms with Crippen molar-refractivity contribution in [1.29, 1.82) is 0 Å². The molecule has 1 aliphatic rings. The van der Waals surface area contributed by atoms with Crippen LogP contribution < -0.4 is 5.73 Å². The summed E-state index contributed by atoms with van der Waals surface area (Å²) in [6, 6.07) is 9.27. The Labute approximate surface area is 138 Å². The number of thiophene rings is 1. The van der Waals surface area contributed by atoms with Crippen LogP contribution >= 0.6 is 11.3 Å². The molecule has 0 unspecified atom stereocenters. The minimum atomic E-state index is -1.02. The molecule has 3 N–H and O–H groups in total. The van der Waals surface area contributed by atoms with Gasteiger partial charge in [0.15, 0.2) is 0 Å². The van der Waals surface area contributed by atoms with Crippen LogP contribution in [0.25, 0.3) is 0 Å². The van der Waals surface area contributed by atoms with E-state index in [1.54, 1.807) is 12.4 Å². The van der Waals surface area contributed by atoms with E-state index in [2.05, 4.69) is 0 Å². The van der Waals surface area contributed by atoms with Crippen LogP contribution in [0.15, 0.2) is 35.7 Å². The van der Waals surface area contributed by atoms with Crippen LogP contribution in [-0.2, 0) is 12.0 Å². The third kappa shape index (κ3) is 2.87. The lowest BCUT2D eigenvalue weighted by molar-refractivity contribution is 0.00821. The number of nitrogens with zero attached hydrogens (tertiary/aromatic N) is 1. The number of aliphatic hydroxyl groups is 1. The lowest BCUT2D eigenvalue weighted by atomic mass is 9.95. The molecule has 23 heavy (non-hydrogen) atoms. The molecular weight excluding hydrogens is 312 g/mol. The average Bonchev–Trinajstić information content (AvgIpc) is 3.13. The zero-order valence-electron chi connectivity index (χ0n) is 12.8. The first-order chi connectivity index (χ1) is 10.9. The summed E-state index contributed by atoms with van der Waals surface area (Å²) in [4.78, 5) is 25.6. The van der Waals surface area contributed by atoms with Gasteiger partial charge in [0.1, 0.15) is 5.60 Å². The number of rotatable bonds is 4. The van der Waals surface area contributed by atoms with Crippen LogP contribution in [0.5, 0.6) is 0 Å². The van der Waals surface area contributed by atoms with Gasteiger partial charge in [-0.2, -0.15) is 0 Å². The van der Waals surface area contributed by atoms with Crippen molar-refractivity contribution in [2.45, 2.75) is 18.4 Å². The van der Waals surface area contributed by atoms with Crippen LogP contribution in [0.4, 0.5) is 0 Å². The molecule has 0 saturated heterocycles. The van der Waals surface area contributed by atoms with Crippen LogP contribution in [-0.4, -0.2) is 35.4 Å². The van der Waals surface area contributed by atoms with Crippen LogP contribution in [0.1, 0.15) is 37.6 Å². The third-order valence-corrected chi connectivity index (χ3v) is 5.19. The summed E-state index contributed by atoms with van der Waals surface area (Å²) in [6.07, 6.45) is 1.40. The van der Waals surface area contributed by atoms with Gasteiger partial charge in [0.2, 0.25) is 5.91 Å². The number of hydrogen-bond donors (Lipinski definition) is 2. The molecule has 0 aliphatic heterocycles. The summed E-state index contributed by atoms with van der Waals surface area (Å²) >= 11 is 1.18. The molecule has 3 rings (SSSR count).